The first-order valence-corrected chi connectivity index (χ1v) is 12.1. The average molecular weight is 503 g/mol. The lowest BCUT2D eigenvalue weighted by atomic mass is 9.66. The van der Waals surface area contributed by atoms with Crippen molar-refractivity contribution >= 4 is 5.91 Å². The number of aryl methyl sites for hydroxylation is 1. The molecule has 1 aromatic carbocycles. The van der Waals surface area contributed by atoms with Crippen LogP contribution >= 0.6 is 0 Å². The Bertz CT molecular complexity index is 1530. The van der Waals surface area contributed by atoms with Crippen molar-refractivity contribution in [3.63, 3.8) is 0 Å². The van der Waals surface area contributed by atoms with E-state index in [0.717, 1.165) is 29.8 Å². The molecule has 4 aromatic rings. The largest absolute Gasteiger partial charge is 0.370 e. The van der Waals surface area contributed by atoms with Gasteiger partial charge in [0.2, 0.25) is 5.91 Å². The first kappa shape index (κ1) is 23.3. The number of nitrogens with zero attached hydrogens (tertiary/aromatic N) is 7. The number of primary amides is 1. The standard InChI is InChI=1S/C26H24F2N8O/c1-25(2)15-8-10-26(25,23-14(15)12-18(33-34-23)22-16(27)4-3-5-17(22)28)19-9-11-30-24(32-19)36-13-31-21(35-36)7-6-20(29)37/h3-5,9,11-13,15H,6-8,10H2,1-2H3,(H2,29,37)/t15-,26-/m0/s1. The van der Waals surface area contributed by atoms with Gasteiger partial charge < -0.3 is 5.73 Å². The zero-order valence-electron chi connectivity index (χ0n) is 20.3. The van der Waals surface area contributed by atoms with Crippen molar-refractivity contribution in [3.8, 4) is 17.2 Å². The average Bonchev–Trinajstić information content (AvgIpc) is 3.50. The lowest BCUT2D eigenvalue weighted by Crippen LogP contribution is -2.38. The van der Waals surface area contributed by atoms with Crippen molar-refractivity contribution < 1.29 is 13.6 Å². The van der Waals surface area contributed by atoms with E-state index in [-0.39, 0.29) is 29.0 Å². The van der Waals surface area contributed by atoms with Gasteiger partial charge >= 0.3 is 0 Å². The van der Waals surface area contributed by atoms with Crippen LogP contribution in [0.5, 0.6) is 0 Å². The SMILES string of the molecule is CC1(C)[C@H]2CC[C@]1(c1ccnc(-n3cnc(CCC(N)=O)n3)n1)c1nnc(-c3c(F)cccc3F)cc12. The maximum atomic E-state index is 14.5. The lowest BCUT2D eigenvalue weighted by Gasteiger charge is -2.37. The van der Waals surface area contributed by atoms with E-state index in [2.05, 4.69) is 39.1 Å². The van der Waals surface area contributed by atoms with Crippen molar-refractivity contribution in [2.45, 2.75) is 50.9 Å². The van der Waals surface area contributed by atoms with E-state index in [1.807, 2.05) is 6.07 Å². The lowest BCUT2D eigenvalue weighted by molar-refractivity contribution is -0.118. The summed E-state index contributed by atoms with van der Waals surface area (Å²) in [6.07, 6.45) is 5.34. The van der Waals surface area contributed by atoms with Crippen molar-refractivity contribution in [1.29, 1.82) is 0 Å². The van der Waals surface area contributed by atoms with E-state index in [1.165, 1.54) is 29.2 Å². The van der Waals surface area contributed by atoms with E-state index >= 15 is 0 Å². The van der Waals surface area contributed by atoms with Crippen LogP contribution in [0, 0.1) is 17.0 Å². The number of rotatable bonds is 6. The van der Waals surface area contributed by atoms with Gasteiger partial charge in [0.15, 0.2) is 5.82 Å². The Balaban J connectivity index is 1.43. The Hall–Kier alpha value is -4.15. The normalized spacial score (nSPS) is 21.2. The third kappa shape index (κ3) is 3.36. The fourth-order valence-corrected chi connectivity index (χ4v) is 6.20. The second kappa shape index (κ2) is 8.19. The number of carbonyl (C=O) groups is 1. The molecule has 2 aliphatic rings. The Morgan fingerprint density at radius 2 is 1.95 bits per heavy atom. The highest BCUT2D eigenvalue weighted by atomic mass is 19.1. The first-order chi connectivity index (χ1) is 17.7. The topological polar surface area (TPSA) is 125 Å². The number of carbonyl (C=O) groups excluding carboxylic acids is 1. The Kier molecular flexibility index (Phi) is 5.15. The summed E-state index contributed by atoms with van der Waals surface area (Å²) >= 11 is 0. The Labute approximate surface area is 211 Å². The summed E-state index contributed by atoms with van der Waals surface area (Å²) in [6.45, 7) is 4.35. The zero-order valence-corrected chi connectivity index (χ0v) is 20.3. The van der Waals surface area contributed by atoms with Crippen LogP contribution in [0.3, 0.4) is 0 Å². The minimum absolute atomic E-state index is 0.122. The summed E-state index contributed by atoms with van der Waals surface area (Å²) in [5, 5.41) is 13.2. The third-order valence-corrected chi connectivity index (χ3v) is 8.02. The molecule has 2 atom stereocenters. The molecule has 2 bridgehead atoms. The summed E-state index contributed by atoms with van der Waals surface area (Å²) in [5.41, 5.74) is 6.90. The quantitative estimate of drug-likeness (QED) is 0.428. The third-order valence-electron chi connectivity index (χ3n) is 8.02. The molecule has 9 nitrogen and oxygen atoms in total. The van der Waals surface area contributed by atoms with Crippen LogP contribution in [-0.2, 0) is 16.6 Å². The van der Waals surface area contributed by atoms with Gasteiger partial charge in [0.1, 0.15) is 18.0 Å². The molecule has 0 spiro atoms. The van der Waals surface area contributed by atoms with E-state index in [0.29, 0.717) is 18.2 Å². The van der Waals surface area contributed by atoms with Gasteiger partial charge in [0.05, 0.1) is 28.1 Å². The molecule has 2 aliphatic carbocycles. The molecule has 37 heavy (non-hydrogen) atoms. The molecule has 0 radical (unpaired) electrons. The van der Waals surface area contributed by atoms with Gasteiger partial charge in [-0.05, 0) is 54.0 Å². The van der Waals surface area contributed by atoms with Crippen LogP contribution < -0.4 is 5.73 Å². The van der Waals surface area contributed by atoms with Crippen molar-refractivity contribution in [3.05, 3.63) is 77.3 Å². The fraction of sp³-hybridized carbons (Fsp3) is 0.346. The zero-order chi connectivity index (χ0) is 25.9. The highest BCUT2D eigenvalue weighted by Crippen LogP contribution is 2.69. The van der Waals surface area contributed by atoms with E-state index in [1.54, 1.807) is 12.3 Å². The van der Waals surface area contributed by atoms with Crippen molar-refractivity contribution in [1.82, 2.24) is 34.9 Å². The summed E-state index contributed by atoms with van der Waals surface area (Å²) < 4.78 is 30.5. The second-order valence-electron chi connectivity index (χ2n) is 10.2. The predicted octanol–water partition coefficient (Wildman–Crippen LogP) is 3.41. The number of hydrogen-bond acceptors (Lipinski definition) is 7. The molecule has 0 saturated heterocycles. The molecule has 188 valence electrons. The molecule has 1 amide bonds. The smallest absolute Gasteiger partial charge is 0.252 e. The number of hydrogen-bond donors (Lipinski definition) is 1. The van der Waals surface area contributed by atoms with Crippen LogP contribution in [-0.4, -0.2) is 40.8 Å². The van der Waals surface area contributed by atoms with Gasteiger partial charge in [-0.25, -0.2) is 23.7 Å². The van der Waals surface area contributed by atoms with Crippen LogP contribution in [0.2, 0.25) is 0 Å². The minimum Gasteiger partial charge on any atom is -0.370 e. The highest BCUT2D eigenvalue weighted by molar-refractivity contribution is 5.73. The molecule has 2 N–H and O–H groups in total. The molecular formula is C26H24F2N8O. The molecule has 3 aromatic heterocycles. The van der Waals surface area contributed by atoms with Gasteiger partial charge in [-0.2, -0.15) is 9.78 Å². The molecule has 6 rings (SSSR count). The number of aromatic nitrogens is 7. The number of halogens is 2. The number of amides is 1. The Morgan fingerprint density at radius 1 is 1.16 bits per heavy atom. The van der Waals surface area contributed by atoms with Gasteiger partial charge in [-0.15, -0.1) is 10.2 Å². The van der Waals surface area contributed by atoms with Crippen molar-refractivity contribution in [2.24, 2.45) is 11.1 Å². The molecular weight excluding hydrogens is 478 g/mol. The number of fused-ring (bicyclic) bond motifs is 5. The van der Waals surface area contributed by atoms with Crippen molar-refractivity contribution in [2.75, 3.05) is 0 Å². The molecule has 3 heterocycles. The van der Waals surface area contributed by atoms with Crippen LogP contribution in [0.25, 0.3) is 17.2 Å². The molecule has 1 fully saturated rings. The molecule has 11 heteroatoms. The van der Waals surface area contributed by atoms with E-state index in [4.69, 9.17) is 10.7 Å². The Morgan fingerprint density at radius 3 is 2.70 bits per heavy atom. The summed E-state index contributed by atoms with van der Waals surface area (Å²) in [6, 6.07) is 7.42. The van der Waals surface area contributed by atoms with Gasteiger partial charge in [-0.1, -0.05) is 19.9 Å². The van der Waals surface area contributed by atoms with Crippen LogP contribution in [0.15, 0.2) is 42.9 Å². The highest BCUT2D eigenvalue weighted by Gasteiger charge is 2.65. The predicted molar refractivity (Wildman–Crippen MR) is 128 cm³/mol. The number of benzene rings is 1. The van der Waals surface area contributed by atoms with Gasteiger partial charge in [0.25, 0.3) is 5.95 Å². The van der Waals surface area contributed by atoms with Gasteiger partial charge in [-0.3, -0.25) is 4.79 Å². The summed E-state index contributed by atoms with van der Waals surface area (Å²) in [4.78, 5) is 24.6. The van der Waals surface area contributed by atoms with E-state index in [9.17, 15) is 13.6 Å². The minimum atomic E-state index is -0.671. The molecule has 0 aliphatic heterocycles. The van der Waals surface area contributed by atoms with E-state index < -0.39 is 23.0 Å². The van der Waals surface area contributed by atoms with Gasteiger partial charge in [0, 0.05) is 19.0 Å². The number of nitrogens with two attached hydrogens (primary N) is 1. The maximum Gasteiger partial charge on any atom is 0.252 e. The second-order valence-corrected chi connectivity index (χ2v) is 10.2. The maximum absolute atomic E-state index is 14.5. The fourth-order valence-electron chi connectivity index (χ4n) is 6.20. The summed E-state index contributed by atoms with van der Waals surface area (Å²) in [7, 11) is 0. The van der Waals surface area contributed by atoms with Crippen LogP contribution in [0.4, 0.5) is 8.78 Å². The monoisotopic (exact) mass is 502 g/mol. The molecule has 0 unspecified atom stereocenters. The van der Waals surface area contributed by atoms with Crippen LogP contribution in [0.1, 0.15) is 61.8 Å². The first-order valence-electron chi connectivity index (χ1n) is 12.1. The summed E-state index contributed by atoms with van der Waals surface area (Å²) in [5.74, 6) is -0.831. The molecule has 1 saturated carbocycles.